The van der Waals surface area contributed by atoms with E-state index in [2.05, 4.69) is 47.1 Å². The number of thiophene rings is 1. The molecule has 0 bridgehead atoms. The van der Waals surface area contributed by atoms with E-state index < -0.39 is 0 Å². The van der Waals surface area contributed by atoms with Crippen LogP contribution in [0.5, 0.6) is 0 Å². The van der Waals surface area contributed by atoms with Gasteiger partial charge in [-0.25, -0.2) is 0 Å². The summed E-state index contributed by atoms with van der Waals surface area (Å²) in [7, 11) is 0. The van der Waals surface area contributed by atoms with Gasteiger partial charge in [0.15, 0.2) is 0 Å². The minimum atomic E-state index is 0.128. The van der Waals surface area contributed by atoms with Crippen LogP contribution in [0.25, 0.3) is 10.1 Å². The predicted molar refractivity (Wildman–Crippen MR) is 93.3 cm³/mol. The van der Waals surface area contributed by atoms with E-state index in [1.807, 2.05) is 18.2 Å². The van der Waals surface area contributed by atoms with E-state index in [-0.39, 0.29) is 5.91 Å². The summed E-state index contributed by atoms with van der Waals surface area (Å²) < 4.78 is 1.31. The molecule has 3 heteroatoms. The molecule has 22 heavy (non-hydrogen) atoms. The summed E-state index contributed by atoms with van der Waals surface area (Å²) in [4.78, 5) is 11.9. The monoisotopic (exact) mass is 309 g/mol. The van der Waals surface area contributed by atoms with Crippen LogP contribution in [0.2, 0.25) is 0 Å². The van der Waals surface area contributed by atoms with E-state index in [4.69, 9.17) is 0 Å². The first-order valence-corrected chi connectivity index (χ1v) is 8.46. The lowest BCUT2D eigenvalue weighted by atomic mass is 10.1. The molecule has 2 aromatic carbocycles. The summed E-state index contributed by atoms with van der Waals surface area (Å²) >= 11 is 1.77. The Hall–Kier alpha value is -2.13. The molecule has 3 rings (SSSR count). The molecule has 0 spiro atoms. The van der Waals surface area contributed by atoms with Crippen LogP contribution < -0.4 is 5.32 Å². The van der Waals surface area contributed by atoms with Gasteiger partial charge < -0.3 is 5.32 Å². The molecule has 1 heterocycles. The van der Waals surface area contributed by atoms with Gasteiger partial charge in [0.05, 0.1) is 0 Å². The predicted octanol–water partition coefficient (Wildman–Crippen LogP) is 4.19. The van der Waals surface area contributed by atoms with Crippen molar-refractivity contribution in [1.82, 2.24) is 5.32 Å². The van der Waals surface area contributed by atoms with Crippen molar-refractivity contribution in [2.45, 2.75) is 19.3 Å². The van der Waals surface area contributed by atoms with Crippen molar-refractivity contribution in [3.05, 3.63) is 71.1 Å². The van der Waals surface area contributed by atoms with Gasteiger partial charge in [0.1, 0.15) is 0 Å². The number of rotatable bonds is 6. The van der Waals surface area contributed by atoms with Gasteiger partial charge in [0.2, 0.25) is 5.91 Å². The fourth-order valence-electron chi connectivity index (χ4n) is 2.55. The third kappa shape index (κ3) is 3.74. The van der Waals surface area contributed by atoms with Crippen molar-refractivity contribution in [3.63, 3.8) is 0 Å². The smallest absolute Gasteiger partial charge is 0.220 e. The minimum absolute atomic E-state index is 0.128. The molecule has 0 aliphatic heterocycles. The summed E-state index contributed by atoms with van der Waals surface area (Å²) in [6, 6.07) is 18.6. The Morgan fingerprint density at radius 3 is 2.59 bits per heavy atom. The fraction of sp³-hybridized carbons (Fsp3) is 0.211. The fourth-order valence-corrected chi connectivity index (χ4v) is 3.55. The second-order valence-corrected chi connectivity index (χ2v) is 6.25. The van der Waals surface area contributed by atoms with Gasteiger partial charge in [0, 0.05) is 17.7 Å². The lowest BCUT2D eigenvalue weighted by Gasteiger charge is -2.05. The molecule has 0 unspecified atom stereocenters. The number of aryl methyl sites for hydroxylation is 1. The molecular weight excluding hydrogens is 290 g/mol. The van der Waals surface area contributed by atoms with Crippen LogP contribution in [0.15, 0.2) is 60.0 Å². The van der Waals surface area contributed by atoms with Crippen LogP contribution in [-0.4, -0.2) is 12.5 Å². The number of amides is 1. The second-order valence-electron chi connectivity index (χ2n) is 5.34. The summed E-state index contributed by atoms with van der Waals surface area (Å²) in [6.45, 7) is 0.703. The molecule has 1 aromatic heterocycles. The lowest BCUT2D eigenvalue weighted by molar-refractivity contribution is -0.121. The van der Waals surface area contributed by atoms with Gasteiger partial charge in [-0.2, -0.15) is 0 Å². The maximum Gasteiger partial charge on any atom is 0.220 e. The number of fused-ring (bicyclic) bond motifs is 1. The number of carbonyl (C=O) groups is 1. The molecule has 0 aliphatic carbocycles. The van der Waals surface area contributed by atoms with Crippen molar-refractivity contribution < 1.29 is 4.79 Å². The first-order chi connectivity index (χ1) is 10.8. The van der Waals surface area contributed by atoms with Gasteiger partial charge in [0.25, 0.3) is 0 Å². The second kappa shape index (κ2) is 7.23. The van der Waals surface area contributed by atoms with Crippen LogP contribution in [0.1, 0.15) is 17.5 Å². The van der Waals surface area contributed by atoms with E-state index in [0.717, 1.165) is 12.8 Å². The quantitative estimate of drug-likeness (QED) is 0.726. The van der Waals surface area contributed by atoms with Gasteiger partial charge in [-0.3, -0.25) is 4.79 Å². The molecule has 2 nitrogen and oxygen atoms in total. The highest BCUT2D eigenvalue weighted by molar-refractivity contribution is 7.17. The number of hydrogen-bond donors (Lipinski definition) is 1. The molecule has 1 N–H and O–H groups in total. The Kier molecular flexibility index (Phi) is 4.86. The molecule has 0 radical (unpaired) electrons. The first-order valence-electron chi connectivity index (χ1n) is 7.58. The summed E-state index contributed by atoms with van der Waals surface area (Å²) in [5.74, 6) is 0.128. The van der Waals surface area contributed by atoms with Crippen LogP contribution in [0.3, 0.4) is 0 Å². The zero-order valence-corrected chi connectivity index (χ0v) is 13.2. The topological polar surface area (TPSA) is 29.1 Å². The third-order valence-corrected chi connectivity index (χ3v) is 4.77. The molecule has 0 saturated heterocycles. The molecule has 0 fully saturated rings. The normalized spacial score (nSPS) is 10.7. The van der Waals surface area contributed by atoms with Crippen LogP contribution in [0, 0.1) is 0 Å². The standard InChI is InChI=1S/C19H19NOS/c21-19(11-10-15-6-2-1-3-7-15)20-13-12-16-14-22-18-9-5-4-8-17(16)18/h1-9,14H,10-13H2,(H,20,21). The summed E-state index contributed by atoms with van der Waals surface area (Å²) in [6.07, 6.45) is 2.24. The third-order valence-electron chi connectivity index (χ3n) is 3.76. The van der Waals surface area contributed by atoms with Gasteiger partial charge in [-0.05, 0) is 40.8 Å². The highest BCUT2D eigenvalue weighted by atomic mass is 32.1. The summed E-state index contributed by atoms with van der Waals surface area (Å²) in [5.41, 5.74) is 2.53. The Morgan fingerprint density at radius 2 is 1.73 bits per heavy atom. The molecular formula is C19H19NOS. The van der Waals surface area contributed by atoms with Crippen molar-refractivity contribution in [3.8, 4) is 0 Å². The molecule has 0 saturated carbocycles. The average Bonchev–Trinajstić information content (AvgIpc) is 2.97. The largest absolute Gasteiger partial charge is 0.356 e. The molecule has 112 valence electrons. The van der Waals surface area contributed by atoms with Crippen molar-refractivity contribution in [2.75, 3.05) is 6.54 Å². The van der Waals surface area contributed by atoms with E-state index in [9.17, 15) is 4.79 Å². The Morgan fingerprint density at radius 1 is 0.955 bits per heavy atom. The maximum absolute atomic E-state index is 11.9. The van der Waals surface area contributed by atoms with E-state index in [0.29, 0.717) is 13.0 Å². The first kappa shape index (κ1) is 14.8. The van der Waals surface area contributed by atoms with Crippen LogP contribution >= 0.6 is 11.3 Å². The molecule has 0 aliphatic rings. The Balaban J connectivity index is 1.45. The van der Waals surface area contributed by atoms with E-state index in [1.165, 1.54) is 21.2 Å². The van der Waals surface area contributed by atoms with Crippen LogP contribution in [-0.2, 0) is 17.6 Å². The van der Waals surface area contributed by atoms with Gasteiger partial charge in [-0.15, -0.1) is 11.3 Å². The molecule has 1 amide bonds. The Labute approximate surface area is 134 Å². The number of carbonyl (C=O) groups excluding carboxylic acids is 1. The number of nitrogens with one attached hydrogen (secondary N) is 1. The van der Waals surface area contributed by atoms with E-state index >= 15 is 0 Å². The average molecular weight is 309 g/mol. The van der Waals surface area contributed by atoms with Crippen molar-refractivity contribution in [1.29, 1.82) is 0 Å². The van der Waals surface area contributed by atoms with Crippen molar-refractivity contribution >= 4 is 27.3 Å². The molecule has 0 atom stereocenters. The summed E-state index contributed by atoms with van der Waals surface area (Å²) in [5, 5.41) is 6.53. The van der Waals surface area contributed by atoms with Crippen LogP contribution in [0.4, 0.5) is 0 Å². The zero-order chi connectivity index (χ0) is 15.2. The Bertz CT molecular complexity index is 748. The van der Waals surface area contributed by atoms with E-state index in [1.54, 1.807) is 11.3 Å². The van der Waals surface area contributed by atoms with Gasteiger partial charge >= 0.3 is 0 Å². The highest BCUT2D eigenvalue weighted by Gasteiger charge is 2.05. The highest BCUT2D eigenvalue weighted by Crippen LogP contribution is 2.25. The zero-order valence-electron chi connectivity index (χ0n) is 12.4. The lowest BCUT2D eigenvalue weighted by Crippen LogP contribution is -2.25. The number of benzene rings is 2. The minimum Gasteiger partial charge on any atom is -0.356 e. The SMILES string of the molecule is O=C(CCc1ccccc1)NCCc1csc2ccccc12. The maximum atomic E-state index is 11.9. The van der Waals surface area contributed by atoms with Gasteiger partial charge in [-0.1, -0.05) is 48.5 Å². The van der Waals surface area contributed by atoms with Crippen molar-refractivity contribution in [2.24, 2.45) is 0 Å². The number of hydrogen-bond acceptors (Lipinski definition) is 2. The molecule has 3 aromatic rings.